The van der Waals surface area contributed by atoms with Gasteiger partial charge in [0.15, 0.2) is 0 Å². The quantitative estimate of drug-likeness (QED) is 0.614. The van der Waals surface area contributed by atoms with E-state index in [0.29, 0.717) is 0 Å². The average Bonchev–Trinajstić information content (AvgIpc) is 3.38. The standard InChI is InChI=1S/C21H22FN3OS2/c1-2-20-23-17(14-27-20)13-24-9-11-25(12-10-24)21(26)19-8-7-18(28-19)15-3-5-16(22)6-4-15/h3-8,14H,2,9-13H2,1H3. The number of rotatable bonds is 5. The predicted molar refractivity (Wildman–Crippen MR) is 112 cm³/mol. The Morgan fingerprint density at radius 2 is 1.86 bits per heavy atom. The number of thiazole rings is 1. The first kappa shape index (κ1) is 19.2. The van der Waals surface area contributed by atoms with E-state index in [1.807, 2.05) is 17.0 Å². The molecule has 0 aliphatic carbocycles. The first-order valence-corrected chi connectivity index (χ1v) is 11.1. The zero-order valence-electron chi connectivity index (χ0n) is 15.7. The molecule has 0 atom stereocenters. The molecular formula is C21H22FN3OS2. The van der Waals surface area contributed by atoms with Gasteiger partial charge in [0, 0.05) is 43.0 Å². The summed E-state index contributed by atoms with van der Waals surface area (Å²) in [6, 6.07) is 10.2. The van der Waals surface area contributed by atoms with E-state index in [1.54, 1.807) is 23.5 Å². The van der Waals surface area contributed by atoms with Crippen molar-refractivity contribution in [1.82, 2.24) is 14.8 Å². The number of hydrogen-bond acceptors (Lipinski definition) is 5. The number of carbonyl (C=O) groups is 1. The van der Waals surface area contributed by atoms with Crippen LogP contribution in [0.25, 0.3) is 10.4 Å². The van der Waals surface area contributed by atoms with Crippen LogP contribution in [0.1, 0.15) is 27.3 Å². The molecule has 4 nitrogen and oxygen atoms in total. The van der Waals surface area contributed by atoms with Gasteiger partial charge in [-0.3, -0.25) is 9.69 Å². The summed E-state index contributed by atoms with van der Waals surface area (Å²) in [5.74, 6) is -0.169. The number of nitrogens with zero attached hydrogens (tertiary/aromatic N) is 3. The summed E-state index contributed by atoms with van der Waals surface area (Å²) in [5.41, 5.74) is 2.06. The van der Waals surface area contributed by atoms with Crippen LogP contribution in [-0.4, -0.2) is 46.9 Å². The topological polar surface area (TPSA) is 36.4 Å². The van der Waals surface area contributed by atoms with Gasteiger partial charge in [0.1, 0.15) is 5.82 Å². The highest BCUT2D eigenvalue weighted by Crippen LogP contribution is 2.29. The van der Waals surface area contributed by atoms with E-state index >= 15 is 0 Å². The van der Waals surface area contributed by atoms with E-state index in [9.17, 15) is 9.18 Å². The van der Waals surface area contributed by atoms with E-state index in [2.05, 4.69) is 22.2 Å². The van der Waals surface area contributed by atoms with Gasteiger partial charge < -0.3 is 4.90 Å². The highest BCUT2D eigenvalue weighted by Gasteiger charge is 2.23. The number of aromatic nitrogens is 1. The van der Waals surface area contributed by atoms with Crippen LogP contribution in [0.3, 0.4) is 0 Å². The zero-order valence-corrected chi connectivity index (χ0v) is 17.4. The van der Waals surface area contributed by atoms with Crippen LogP contribution >= 0.6 is 22.7 Å². The Labute approximate surface area is 172 Å². The van der Waals surface area contributed by atoms with Crippen LogP contribution in [0.2, 0.25) is 0 Å². The van der Waals surface area contributed by atoms with Gasteiger partial charge >= 0.3 is 0 Å². The maximum absolute atomic E-state index is 13.1. The number of hydrogen-bond donors (Lipinski definition) is 0. The van der Waals surface area contributed by atoms with Crippen LogP contribution in [0.15, 0.2) is 41.8 Å². The number of carbonyl (C=O) groups excluding carboxylic acids is 1. The number of aryl methyl sites for hydroxylation is 1. The molecule has 3 heterocycles. The monoisotopic (exact) mass is 415 g/mol. The molecule has 1 aliphatic rings. The highest BCUT2D eigenvalue weighted by molar-refractivity contribution is 7.17. The van der Waals surface area contributed by atoms with E-state index in [-0.39, 0.29) is 11.7 Å². The van der Waals surface area contributed by atoms with E-state index in [4.69, 9.17) is 0 Å². The molecule has 1 saturated heterocycles. The number of halogens is 1. The highest BCUT2D eigenvalue weighted by atomic mass is 32.1. The molecule has 146 valence electrons. The van der Waals surface area contributed by atoms with E-state index in [1.165, 1.54) is 28.5 Å². The molecule has 0 saturated carbocycles. The molecule has 0 radical (unpaired) electrons. The lowest BCUT2D eigenvalue weighted by Gasteiger charge is -2.34. The molecule has 1 fully saturated rings. The number of amides is 1. The first-order valence-electron chi connectivity index (χ1n) is 9.43. The van der Waals surface area contributed by atoms with Crippen LogP contribution in [-0.2, 0) is 13.0 Å². The van der Waals surface area contributed by atoms with Crippen molar-refractivity contribution >= 4 is 28.6 Å². The van der Waals surface area contributed by atoms with Crippen LogP contribution < -0.4 is 0 Å². The molecule has 4 rings (SSSR count). The smallest absolute Gasteiger partial charge is 0.264 e. The minimum absolute atomic E-state index is 0.0833. The van der Waals surface area contributed by atoms with Crippen molar-refractivity contribution in [3.8, 4) is 10.4 Å². The SMILES string of the molecule is CCc1nc(CN2CCN(C(=O)c3ccc(-c4ccc(F)cc4)s3)CC2)cs1. The molecule has 7 heteroatoms. The summed E-state index contributed by atoms with van der Waals surface area (Å²) in [6.45, 7) is 6.16. The molecule has 0 N–H and O–H groups in total. The molecule has 1 aliphatic heterocycles. The Morgan fingerprint density at radius 3 is 2.54 bits per heavy atom. The van der Waals surface area contributed by atoms with Crippen molar-refractivity contribution in [3.05, 3.63) is 63.2 Å². The lowest BCUT2D eigenvalue weighted by atomic mass is 10.2. The summed E-state index contributed by atoms with van der Waals surface area (Å²) in [4.78, 5) is 23.5. The lowest BCUT2D eigenvalue weighted by Crippen LogP contribution is -2.48. The van der Waals surface area contributed by atoms with Gasteiger partial charge in [0.05, 0.1) is 15.6 Å². The fraction of sp³-hybridized carbons (Fsp3) is 0.333. The molecule has 1 aromatic carbocycles. The fourth-order valence-corrected chi connectivity index (χ4v) is 5.02. The predicted octanol–water partition coefficient (Wildman–Crippen LogP) is 4.53. The van der Waals surface area contributed by atoms with Crippen molar-refractivity contribution in [3.63, 3.8) is 0 Å². The van der Waals surface area contributed by atoms with Gasteiger partial charge in [-0.25, -0.2) is 9.37 Å². The Morgan fingerprint density at radius 1 is 1.11 bits per heavy atom. The van der Waals surface area contributed by atoms with Gasteiger partial charge in [-0.2, -0.15) is 0 Å². The third-order valence-corrected chi connectivity index (χ3v) is 7.06. The molecule has 3 aromatic rings. The van der Waals surface area contributed by atoms with Crippen molar-refractivity contribution in [2.45, 2.75) is 19.9 Å². The third kappa shape index (κ3) is 4.32. The second-order valence-electron chi connectivity index (χ2n) is 6.83. The Kier molecular flexibility index (Phi) is 5.85. The molecule has 0 unspecified atom stereocenters. The lowest BCUT2D eigenvalue weighted by molar-refractivity contribution is 0.0632. The largest absolute Gasteiger partial charge is 0.335 e. The first-order chi connectivity index (χ1) is 13.6. The Balaban J connectivity index is 1.34. The second kappa shape index (κ2) is 8.51. The minimum atomic E-state index is -0.252. The van der Waals surface area contributed by atoms with Crippen LogP contribution in [0.5, 0.6) is 0 Å². The second-order valence-corrected chi connectivity index (χ2v) is 8.85. The van der Waals surface area contributed by atoms with E-state index < -0.39 is 0 Å². The van der Waals surface area contributed by atoms with Crippen LogP contribution in [0, 0.1) is 5.82 Å². The zero-order chi connectivity index (χ0) is 19.5. The van der Waals surface area contributed by atoms with Gasteiger partial charge in [-0.15, -0.1) is 22.7 Å². The minimum Gasteiger partial charge on any atom is -0.335 e. The molecule has 2 aromatic heterocycles. The van der Waals surface area contributed by atoms with Crippen molar-refractivity contribution in [2.24, 2.45) is 0 Å². The van der Waals surface area contributed by atoms with Gasteiger partial charge in [0.2, 0.25) is 0 Å². The van der Waals surface area contributed by atoms with Crippen molar-refractivity contribution < 1.29 is 9.18 Å². The number of piperazine rings is 1. The average molecular weight is 416 g/mol. The van der Waals surface area contributed by atoms with E-state index in [0.717, 1.165) is 60.2 Å². The maximum Gasteiger partial charge on any atom is 0.264 e. The molecule has 0 spiro atoms. The summed E-state index contributed by atoms with van der Waals surface area (Å²) < 4.78 is 13.1. The summed E-state index contributed by atoms with van der Waals surface area (Å²) in [6.07, 6.45) is 0.980. The molecule has 1 amide bonds. The van der Waals surface area contributed by atoms with Crippen LogP contribution in [0.4, 0.5) is 4.39 Å². The van der Waals surface area contributed by atoms with Crippen molar-refractivity contribution in [1.29, 1.82) is 0 Å². The normalized spacial score (nSPS) is 15.1. The summed E-state index contributed by atoms with van der Waals surface area (Å²) >= 11 is 3.19. The molecular weight excluding hydrogens is 393 g/mol. The van der Waals surface area contributed by atoms with Gasteiger partial charge in [0.25, 0.3) is 5.91 Å². The Hall–Kier alpha value is -2.09. The molecule has 28 heavy (non-hydrogen) atoms. The van der Waals surface area contributed by atoms with Gasteiger partial charge in [-0.1, -0.05) is 19.1 Å². The number of benzene rings is 1. The van der Waals surface area contributed by atoms with Crippen molar-refractivity contribution in [2.75, 3.05) is 26.2 Å². The molecule has 0 bridgehead atoms. The summed E-state index contributed by atoms with van der Waals surface area (Å²) in [5, 5.41) is 3.32. The van der Waals surface area contributed by atoms with Gasteiger partial charge in [-0.05, 0) is 36.2 Å². The maximum atomic E-state index is 13.1. The summed E-state index contributed by atoms with van der Waals surface area (Å²) in [7, 11) is 0. The number of thiophene rings is 1. The third-order valence-electron chi connectivity index (χ3n) is 4.89. The Bertz CT molecular complexity index is 943. The fourth-order valence-electron chi connectivity index (χ4n) is 3.30.